The van der Waals surface area contributed by atoms with Gasteiger partial charge < -0.3 is 9.47 Å². The summed E-state index contributed by atoms with van der Waals surface area (Å²) in [5.41, 5.74) is 4.00. The fourth-order valence-electron chi connectivity index (χ4n) is 2.96. The molecule has 0 saturated heterocycles. The van der Waals surface area contributed by atoms with Crippen LogP contribution >= 0.6 is 11.6 Å². The standard InChI is InChI=1S/C24H24ClFO2.3C2H6/c1-2-19-15-22(20-9-11-21(26)12-10-20)24(16-23(19)27-14-6-13-25)28-17-18-7-4-3-5-8-18;3*1-2/h3-5,7-12,15-16H,2,6,13-14,17H2,1H3;3*1-2H3. The Morgan fingerprint density at radius 2 is 1.38 bits per heavy atom. The predicted molar refractivity (Wildman–Crippen MR) is 147 cm³/mol. The first-order valence-electron chi connectivity index (χ1n) is 12.5. The fraction of sp³-hybridized carbons (Fsp3) is 0.400. The van der Waals surface area contributed by atoms with Gasteiger partial charge in [0.15, 0.2) is 0 Å². The molecule has 0 unspecified atom stereocenters. The van der Waals surface area contributed by atoms with Crippen molar-refractivity contribution in [1.82, 2.24) is 0 Å². The first-order chi connectivity index (χ1) is 16.7. The third kappa shape index (κ3) is 10.6. The molecule has 0 N–H and O–H groups in total. The second kappa shape index (κ2) is 19.9. The Balaban J connectivity index is 0.00000168. The summed E-state index contributed by atoms with van der Waals surface area (Å²) in [6, 6.07) is 20.5. The molecule has 0 fully saturated rings. The van der Waals surface area contributed by atoms with Crippen LogP contribution in [-0.2, 0) is 13.0 Å². The summed E-state index contributed by atoms with van der Waals surface area (Å²) in [5.74, 6) is 1.83. The van der Waals surface area contributed by atoms with Gasteiger partial charge in [0, 0.05) is 17.5 Å². The highest BCUT2D eigenvalue weighted by molar-refractivity contribution is 6.17. The van der Waals surface area contributed by atoms with Crippen LogP contribution in [0.4, 0.5) is 4.39 Å². The molecule has 3 aromatic rings. The molecule has 0 aliphatic rings. The Kier molecular flexibility index (Phi) is 18.4. The van der Waals surface area contributed by atoms with Crippen LogP contribution in [0.2, 0.25) is 0 Å². The molecule has 34 heavy (non-hydrogen) atoms. The number of hydrogen-bond acceptors (Lipinski definition) is 2. The first-order valence-corrected chi connectivity index (χ1v) is 13.0. The Morgan fingerprint density at radius 3 is 1.94 bits per heavy atom. The van der Waals surface area contributed by atoms with Gasteiger partial charge >= 0.3 is 0 Å². The van der Waals surface area contributed by atoms with Crippen LogP contribution in [0.25, 0.3) is 11.1 Å². The van der Waals surface area contributed by atoms with E-state index < -0.39 is 0 Å². The van der Waals surface area contributed by atoms with E-state index in [-0.39, 0.29) is 5.82 Å². The minimum atomic E-state index is -0.257. The largest absolute Gasteiger partial charge is 0.493 e. The topological polar surface area (TPSA) is 18.5 Å². The number of ether oxygens (including phenoxy) is 2. The van der Waals surface area contributed by atoms with Gasteiger partial charge in [0.1, 0.15) is 23.9 Å². The molecule has 3 rings (SSSR count). The van der Waals surface area contributed by atoms with E-state index in [0.717, 1.165) is 40.8 Å². The van der Waals surface area contributed by atoms with E-state index in [1.807, 2.05) is 77.9 Å². The van der Waals surface area contributed by atoms with E-state index in [4.69, 9.17) is 21.1 Å². The van der Waals surface area contributed by atoms with Gasteiger partial charge in [-0.05, 0) is 47.7 Å². The van der Waals surface area contributed by atoms with Crippen molar-refractivity contribution in [2.75, 3.05) is 12.5 Å². The van der Waals surface area contributed by atoms with Gasteiger partial charge in [0.05, 0.1) is 6.61 Å². The number of halogens is 2. The average molecular weight is 489 g/mol. The summed E-state index contributed by atoms with van der Waals surface area (Å²) >= 11 is 5.77. The molecule has 0 heterocycles. The fourth-order valence-corrected chi connectivity index (χ4v) is 3.07. The molecule has 3 aromatic carbocycles. The van der Waals surface area contributed by atoms with E-state index in [0.29, 0.717) is 24.8 Å². The molecule has 0 amide bonds. The Labute approximate surface area is 212 Å². The van der Waals surface area contributed by atoms with Crippen molar-refractivity contribution in [2.24, 2.45) is 0 Å². The van der Waals surface area contributed by atoms with Gasteiger partial charge in [-0.2, -0.15) is 0 Å². The molecule has 0 aliphatic heterocycles. The lowest BCUT2D eigenvalue weighted by atomic mass is 10.00. The quantitative estimate of drug-likeness (QED) is 0.220. The van der Waals surface area contributed by atoms with E-state index in [9.17, 15) is 4.39 Å². The SMILES string of the molecule is CC.CC.CC.CCc1cc(-c2ccc(F)cc2)c(OCc2ccccc2)cc1OCCCCl. The molecule has 0 atom stereocenters. The molecule has 0 bridgehead atoms. The van der Waals surface area contributed by atoms with E-state index in [1.165, 1.54) is 12.1 Å². The Morgan fingerprint density at radius 1 is 0.765 bits per heavy atom. The number of alkyl halides is 1. The van der Waals surface area contributed by atoms with Crippen molar-refractivity contribution in [2.45, 2.75) is 67.9 Å². The third-order valence-electron chi connectivity index (χ3n) is 4.47. The zero-order valence-corrected chi connectivity index (χ0v) is 22.7. The first kappa shape index (κ1) is 31.5. The van der Waals surface area contributed by atoms with Gasteiger partial charge in [0.2, 0.25) is 0 Å². The van der Waals surface area contributed by atoms with Gasteiger partial charge in [-0.25, -0.2) is 4.39 Å². The molecule has 0 radical (unpaired) electrons. The summed E-state index contributed by atoms with van der Waals surface area (Å²) in [6.45, 7) is 15.1. The van der Waals surface area contributed by atoms with E-state index in [1.54, 1.807) is 12.1 Å². The smallest absolute Gasteiger partial charge is 0.131 e. The third-order valence-corrected chi connectivity index (χ3v) is 4.74. The molecule has 0 aliphatic carbocycles. The van der Waals surface area contributed by atoms with Crippen molar-refractivity contribution in [3.8, 4) is 22.6 Å². The molecular formula is C30H42ClFO2. The van der Waals surface area contributed by atoms with E-state index >= 15 is 0 Å². The highest BCUT2D eigenvalue weighted by Crippen LogP contribution is 2.37. The summed E-state index contributed by atoms with van der Waals surface area (Å²) < 4.78 is 25.5. The zero-order valence-electron chi connectivity index (χ0n) is 22.0. The van der Waals surface area contributed by atoms with Crippen molar-refractivity contribution >= 4 is 11.6 Å². The summed E-state index contributed by atoms with van der Waals surface area (Å²) in [5, 5.41) is 0. The second-order valence-electron chi connectivity index (χ2n) is 6.48. The maximum absolute atomic E-state index is 13.4. The van der Waals surface area contributed by atoms with Crippen LogP contribution in [0.3, 0.4) is 0 Å². The zero-order chi connectivity index (χ0) is 25.8. The van der Waals surface area contributed by atoms with Crippen LogP contribution in [0.5, 0.6) is 11.5 Å². The highest BCUT2D eigenvalue weighted by Gasteiger charge is 2.14. The summed E-state index contributed by atoms with van der Waals surface area (Å²) in [4.78, 5) is 0. The Bertz CT molecular complexity index is 880. The van der Waals surface area contributed by atoms with Crippen LogP contribution in [0.15, 0.2) is 66.7 Å². The summed E-state index contributed by atoms with van der Waals surface area (Å²) in [6.07, 6.45) is 1.61. The normalized spacial score (nSPS) is 9.32. The minimum absolute atomic E-state index is 0.257. The van der Waals surface area contributed by atoms with Crippen LogP contribution in [0, 0.1) is 5.82 Å². The minimum Gasteiger partial charge on any atom is -0.493 e. The van der Waals surface area contributed by atoms with E-state index in [2.05, 4.69) is 13.0 Å². The average Bonchev–Trinajstić information content (AvgIpc) is 2.92. The van der Waals surface area contributed by atoms with Crippen molar-refractivity contribution in [1.29, 1.82) is 0 Å². The lowest BCUT2D eigenvalue weighted by Crippen LogP contribution is -2.03. The molecule has 0 aromatic heterocycles. The molecule has 188 valence electrons. The Hall–Kier alpha value is -2.52. The van der Waals surface area contributed by atoms with Gasteiger partial charge in [-0.3, -0.25) is 0 Å². The molecule has 0 spiro atoms. The number of rotatable bonds is 9. The van der Waals surface area contributed by atoms with Crippen molar-refractivity contribution in [3.63, 3.8) is 0 Å². The highest BCUT2D eigenvalue weighted by atomic mass is 35.5. The number of hydrogen-bond donors (Lipinski definition) is 0. The monoisotopic (exact) mass is 488 g/mol. The molecule has 4 heteroatoms. The van der Waals surface area contributed by atoms with Crippen LogP contribution in [-0.4, -0.2) is 12.5 Å². The lowest BCUT2D eigenvalue weighted by Gasteiger charge is -2.17. The molecule has 0 saturated carbocycles. The van der Waals surface area contributed by atoms with Gasteiger partial charge in [0.25, 0.3) is 0 Å². The van der Waals surface area contributed by atoms with Gasteiger partial charge in [-0.15, -0.1) is 11.6 Å². The number of aryl methyl sites for hydroxylation is 1. The maximum atomic E-state index is 13.4. The van der Waals surface area contributed by atoms with Crippen molar-refractivity contribution in [3.05, 3.63) is 83.7 Å². The summed E-state index contributed by atoms with van der Waals surface area (Å²) in [7, 11) is 0. The van der Waals surface area contributed by atoms with Crippen molar-refractivity contribution < 1.29 is 13.9 Å². The van der Waals surface area contributed by atoms with Gasteiger partial charge in [-0.1, -0.05) is 90.9 Å². The molecule has 2 nitrogen and oxygen atoms in total. The lowest BCUT2D eigenvalue weighted by molar-refractivity contribution is 0.294. The second-order valence-corrected chi connectivity index (χ2v) is 6.86. The maximum Gasteiger partial charge on any atom is 0.131 e. The number of benzene rings is 3. The van der Waals surface area contributed by atoms with Crippen LogP contribution < -0.4 is 9.47 Å². The van der Waals surface area contributed by atoms with Crippen LogP contribution in [0.1, 0.15) is 66.0 Å². The molecular weight excluding hydrogens is 447 g/mol. The predicted octanol–water partition coefficient (Wildman–Crippen LogP) is 9.72.